The van der Waals surface area contributed by atoms with Crippen LogP contribution < -0.4 is 0 Å². The molecule has 0 saturated carbocycles. The Hall–Kier alpha value is -0.220. The number of rotatable bonds is 2. The van der Waals surface area contributed by atoms with Gasteiger partial charge in [0.1, 0.15) is 0 Å². The number of ether oxygens (including phenoxy) is 1. The minimum absolute atomic E-state index is 0.253. The Morgan fingerprint density at radius 1 is 1.75 bits per heavy atom. The quantitative estimate of drug-likeness (QED) is 0.650. The molecule has 2 unspecified atom stereocenters. The van der Waals surface area contributed by atoms with Crippen molar-refractivity contribution in [2.45, 2.75) is 19.4 Å². The second-order valence-electron chi connectivity index (χ2n) is 2.79. The lowest BCUT2D eigenvalue weighted by Crippen LogP contribution is -2.35. The maximum absolute atomic E-state index is 11.2. The summed E-state index contributed by atoms with van der Waals surface area (Å²) in [5.74, 6) is 1.08. The SMILES string of the molecule is CCOC(=O)C1CSCCC1O. The van der Waals surface area contributed by atoms with Crippen LogP contribution in [0.4, 0.5) is 0 Å². The van der Waals surface area contributed by atoms with Crippen LogP contribution >= 0.6 is 11.8 Å². The molecule has 12 heavy (non-hydrogen) atoms. The van der Waals surface area contributed by atoms with Gasteiger partial charge in [0.15, 0.2) is 0 Å². The van der Waals surface area contributed by atoms with Gasteiger partial charge in [0.2, 0.25) is 0 Å². The van der Waals surface area contributed by atoms with E-state index in [4.69, 9.17) is 4.74 Å². The van der Waals surface area contributed by atoms with Crippen LogP contribution in [0.3, 0.4) is 0 Å². The minimum atomic E-state index is -0.495. The third-order valence-electron chi connectivity index (χ3n) is 1.91. The maximum Gasteiger partial charge on any atom is 0.312 e. The first-order valence-corrected chi connectivity index (χ1v) is 5.33. The molecular weight excluding hydrogens is 176 g/mol. The molecule has 1 N–H and O–H groups in total. The molecule has 0 aliphatic carbocycles. The van der Waals surface area contributed by atoms with E-state index in [9.17, 15) is 9.90 Å². The lowest BCUT2D eigenvalue weighted by molar-refractivity contribution is -0.151. The molecule has 70 valence electrons. The van der Waals surface area contributed by atoms with Gasteiger partial charge in [-0.15, -0.1) is 0 Å². The zero-order valence-corrected chi connectivity index (χ0v) is 7.97. The summed E-state index contributed by atoms with van der Waals surface area (Å²) in [6.07, 6.45) is 0.207. The van der Waals surface area contributed by atoms with Crippen LogP contribution in [0.2, 0.25) is 0 Å². The van der Waals surface area contributed by atoms with Crippen molar-refractivity contribution in [3.05, 3.63) is 0 Å². The van der Waals surface area contributed by atoms with Gasteiger partial charge >= 0.3 is 5.97 Å². The molecule has 0 aromatic carbocycles. The van der Waals surface area contributed by atoms with Crippen LogP contribution in [-0.4, -0.2) is 35.3 Å². The minimum Gasteiger partial charge on any atom is -0.466 e. The molecule has 4 heteroatoms. The first kappa shape index (κ1) is 9.86. The van der Waals surface area contributed by atoms with E-state index in [1.807, 2.05) is 0 Å². The van der Waals surface area contributed by atoms with Crippen LogP contribution in [0.15, 0.2) is 0 Å². The van der Waals surface area contributed by atoms with Crippen molar-refractivity contribution in [3.63, 3.8) is 0 Å². The van der Waals surface area contributed by atoms with E-state index >= 15 is 0 Å². The van der Waals surface area contributed by atoms with Crippen LogP contribution in [-0.2, 0) is 9.53 Å². The molecular formula is C8H14O3S. The van der Waals surface area contributed by atoms with Crippen LogP contribution in [0.1, 0.15) is 13.3 Å². The summed E-state index contributed by atoms with van der Waals surface area (Å²) in [5, 5.41) is 9.45. The molecule has 1 heterocycles. The molecule has 0 bridgehead atoms. The highest BCUT2D eigenvalue weighted by molar-refractivity contribution is 7.99. The van der Waals surface area contributed by atoms with Gasteiger partial charge in [-0.25, -0.2) is 0 Å². The number of hydrogen-bond acceptors (Lipinski definition) is 4. The Labute approximate surface area is 76.5 Å². The van der Waals surface area contributed by atoms with Gasteiger partial charge in [-0.1, -0.05) is 0 Å². The Morgan fingerprint density at radius 3 is 3.08 bits per heavy atom. The fraction of sp³-hybridized carbons (Fsp3) is 0.875. The second kappa shape index (κ2) is 4.72. The van der Waals surface area contributed by atoms with Gasteiger partial charge < -0.3 is 9.84 Å². The summed E-state index contributed by atoms with van der Waals surface area (Å²) in [6.45, 7) is 2.17. The number of carbonyl (C=O) groups is 1. The number of esters is 1. The van der Waals surface area contributed by atoms with Gasteiger partial charge in [0.25, 0.3) is 0 Å². The molecule has 0 radical (unpaired) electrons. The van der Waals surface area contributed by atoms with Crippen molar-refractivity contribution in [2.24, 2.45) is 5.92 Å². The van der Waals surface area contributed by atoms with Crippen LogP contribution in [0, 0.1) is 5.92 Å². The Morgan fingerprint density at radius 2 is 2.50 bits per heavy atom. The lowest BCUT2D eigenvalue weighted by Gasteiger charge is -2.24. The molecule has 1 aliphatic heterocycles. The number of thioether (sulfide) groups is 1. The summed E-state index contributed by atoms with van der Waals surface area (Å²) < 4.78 is 4.84. The van der Waals surface area contributed by atoms with Crippen LogP contribution in [0.5, 0.6) is 0 Å². The van der Waals surface area contributed by atoms with E-state index in [0.717, 1.165) is 5.75 Å². The van der Waals surface area contributed by atoms with Crippen molar-refractivity contribution >= 4 is 17.7 Å². The zero-order chi connectivity index (χ0) is 8.97. The van der Waals surface area contributed by atoms with E-state index in [1.165, 1.54) is 0 Å². The van der Waals surface area contributed by atoms with Crippen molar-refractivity contribution < 1.29 is 14.6 Å². The molecule has 0 amide bonds. The molecule has 0 spiro atoms. The number of carbonyl (C=O) groups excluding carboxylic acids is 1. The van der Waals surface area contributed by atoms with Gasteiger partial charge in [-0.3, -0.25) is 4.79 Å². The van der Waals surface area contributed by atoms with Crippen molar-refractivity contribution in [1.29, 1.82) is 0 Å². The van der Waals surface area contributed by atoms with E-state index in [0.29, 0.717) is 18.8 Å². The molecule has 1 saturated heterocycles. The Bertz CT molecular complexity index is 160. The highest BCUT2D eigenvalue weighted by atomic mass is 32.2. The average Bonchev–Trinajstić information content (AvgIpc) is 2.05. The van der Waals surface area contributed by atoms with E-state index in [-0.39, 0.29) is 11.9 Å². The fourth-order valence-corrected chi connectivity index (χ4v) is 2.39. The standard InChI is InChI=1S/C8H14O3S/c1-2-11-8(10)6-5-12-4-3-7(6)9/h6-7,9H,2-5H2,1H3. The average molecular weight is 190 g/mol. The lowest BCUT2D eigenvalue weighted by atomic mass is 10.0. The first-order valence-electron chi connectivity index (χ1n) is 4.18. The predicted molar refractivity (Wildman–Crippen MR) is 48.1 cm³/mol. The first-order chi connectivity index (χ1) is 5.75. The summed E-state index contributed by atoms with van der Waals surface area (Å²) >= 11 is 1.70. The van der Waals surface area contributed by atoms with Crippen molar-refractivity contribution in [3.8, 4) is 0 Å². The molecule has 2 atom stereocenters. The monoisotopic (exact) mass is 190 g/mol. The fourth-order valence-electron chi connectivity index (χ4n) is 1.20. The number of aliphatic hydroxyl groups is 1. The van der Waals surface area contributed by atoms with Crippen molar-refractivity contribution in [1.82, 2.24) is 0 Å². The third kappa shape index (κ3) is 2.38. The molecule has 1 aliphatic rings. The summed E-state index contributed by atoms with van der Waals surface area (Å²) in [4.78, 5) is 11.2. The van der Waals surface area contributed by atoms with Gasteiger partial charge in [0, 0.05) is 5.75 Å². The van der Waals surface area contributed by atoms with Gasteiger partial charge in [0.05, 0.1) is 18.6 Å². The highest BCUT2D eigenvalue weighted by Crippen LogP contribution is 2.24. The molecule has 0 aromatic rings. The number of hydrogen-bond donors (Lipinski definition) is 1. The second-order valence-corrected chi connectivity index (χ2v) is 3.94. The Kier molecular flexibility index (Phi) is 3.88. The topological polar surface area (TPSA) is 46.5 Å². The summed E-state index contributed by atoms with van der Waals surface area (Å²) in [7, 11) is 0. The third-order valence-corrected chi connectivity index (χ3v) is 3.03. The molecule has 1 fully saturated rings. The van der Waals surface area contributed by atoms with Crippen LogP contribution in [0.25, 0.3) is 0 Å². The molecule has 1 rings (SSSR count). The normalized spacial score (nSPS) is 29.8. The highest BCUT2D eigenvalue weighted by Gasteiger charge is 2.30. The number of aliphatic hydroxyl groups excluding tert-OH is 1. The largest absolute Gasteiger partial charge is 0.466 e. The van der Waals surface area contributed by atoms with E-state index in [1.54, 1.807) is 18.7 Å². The smallest absolute Gasteiger partial charge is 0.312 e. The van der Waals surface area contributed by atoms with Gasteiger partial charge in [-0.2, -0.15) is 11.8 Å². The zero-order valence-electron chi connectivity index (χ0n) is 7.16. The maximum atomic E-state index is 11.2. The summed E-state index contributed by atoms with van der Waals surface area (Å²) in [5.41, 5.74) is 0. The van der Waals surface area contributed by atoms with E-state index < -0.39 is 6.10 Å². The van der Waals surface area contributed by atoms with Gasteiger partial charge in [-0.05, 0) is 19.1 Å². The predicted octanol–water partition coefficient (Wildman–Crippen LogP) is 0.663. The summed E-state index contributed by atoms with van der Waals surface area (Å²) in [6, 6.07) is 0. The molecule has 3 nitrogen and oxygen atoms in total. The molecule has 0 aromatic heterocycles. The van der Waals surface area contributed by atoms with Crippen molar-refractivity contribution in [2.75, 3.05) is 18.1 Å². The Balaban J connectivity index is 2.42. The van der Waals surface area contributed by atoms with E-state index in [2.05, 4.69) is 0 Å².